The monoisotopic (exact) mass is 201 g/mol. The molecule has 1 atom stereocenters. The van der Waals surface area contributed by atoms with Crippen molar-refractivity contribution in [3.8, 4) is 0 Å². The molecule has 1 unspecified atom stereocenters. The number of hydrogen-bond donors (Lipinski definition) is 1. The van der Waals surface area contributed by atoms with Gasteiger partial charge in [0.1, 0.15) is 0 Å². The molecule has 0 amide bonds. The van der Waals surface area contributed by atoms with Crippen LogP contribution < -0.4 is 5.73 Å². The second-order valence-electron chi connectivity index (χ2n) is 3.72. The van der Waals surface area contributed by atoms with E-state index in [4.69, 9.17) is 5.73 Å². The third-order valence-electron chi connectivity index (χ3n) is 3.22. The van der Waals surface area contributed by atoms with Gasteiger partial charge in [-0.1, -0.05) is 18.1 Å². The standard InChI is InChI=1S/C11H19N.ClH/c1-7-8(2)10(4)11(5-6-12)9(7)3;/h9H,5-6,12H2,1-4H3;1H. The Morgan fingerprint density at radius 2 is 1.69 bits per heavy atom. The molecule has 0 bridgehead atoms. The van der Waals surface area contributed by atoms with Crippen LogP contribution in [0.15, 0.2) is 22.3 Å². The normalized spacial score (nSPS) is 22.4. The van der Waals surface area contributed by atoms with Gasteiger partial charge in [0.15, 0.2) is 0 Å². The first-order valence-electron chi connectivity index (χ1n) is 4.67. The smallest absolute Gasteiger partial charge is 0.00121 e. The van der Waals surface area contributed by atoms with Gasteiger partial charge in [-0.2, -0.15) is 0 Å². The molecular weight excluding hydrogens is 182 g/mol. The van der Waals surface area contributed by atoms with Gasteiger partial charge < -0.3 is 5.73 Å². The molecule has 2 N–H and O–H groups in total. The largest absolute Gasteiger partial charge is 0.330 e. The average molecular weight is 202 g/mol. The summed E-state index contributed by atoms with van der Waals surface area (Å²) in [5.41, 5.74) is 11.6. The minimum Gasteiger partial charge on any atom is -0.330 e. The van der Waals surface area contributed by atoms with Gasteiger partial charge in [0.25, 0.3) is 0 Å². The molecule has 0 aromatic carbocycles. The summed E-state index contributed by atoms with van der Waals surface area (Å²) in [7, 11) is 0. The maximum absolute atomic E-state index is 5.57. The molecule has 2 heteroatoms. The van der Waals surface area contributed by atoms with E-state index in [0.29, 0.717) is 5.92 Å². The van der Waals surface area contributed by atoms with Crippen LogP contribution in [-0.2, 0) is 0 Å². The van der Waals surface area contributed by atoms with Crippen LogP contribution in [0.25, 0.3) is 0 Å². The topological polar surface area (TPSA) is 26.0 Å². The Kier molecular flexibility index (Phi) is 4.72. The van der Waals surface area contributed by atoms with E-state index in [2.05, 4.69) is 27.7 Å². The van der Waals surface area contributed by atoms with Gasteiger partial charge >= 0.3 is 0 Å². The zero-order valence-corrected chi connectivity index (χ0v) is 9.79. The van der Waals surface area contributed by atoms with Crippen molar-refractivity contribution in [2.45, 2.75) is 34.1 Å². The molecule has 0 aromatic heterocycles. The van der Waals surface area contributed by atoms with Gasteiger partial charge in [0.2, 0.25) is 0 Å². The minimum absolute atomic E-state index is 0. The lowest BCUT2D eigenvalue weighted by molar-refractivity contribution is 0.751. The van der Waals surface area contributed by atoms with Crippen molar-refractivity contribution in [1.29, 1.82) is 0 Å². The Bertz CT molecular complexity index is 251. The highest BCUT2D eigenvalue weighted by Crippen LogP contribution is 2.37. The van der Waals surface area contributed by atoms with Crippen molar-refractivity contribution in [2.75, 3.05) is 6.54 Å². The fourth-order valence-corrected chi connectivity index (χ4v) is 2.01. The van der Waals surface area contributed by atoms with Crippen LogP contribution in [0.3, 0.4) is 0 Å². The van der Waals surface area contributed by atoms with Crippen LogP contribution in [0.4, 0.5) is 0 Å². The third kappa shape index (κ3) is 2.15. The fraction of sp³-hybridized carbons (Fsp3) is 0.636. The fourth-order valence-electron chi connectivity index (χ4n) is 2.01. The maximum atomic E-state index is 5.57. The Morgan fingerprint density at radius 3 is 2.00 bits per heavy atom. The van der Waals surface area contributed by atoms with Crippen LogP contribution in [0.1, 0.15) is 34.1 Å². The van der Waals surface area contributed by atoms with Gasteiger partial charge in [0.05, 0.1) is 0 Å². The van der Waals surface area contributed by atoms with Crippen LogP contribution >= 0.6 is 12.4 Å². The highest BCUT2D eigenvalue weighted by Gasteiger charge is 2.22. The first-order chi connectivity index (χ1) is 5.59. The Balaban J connectivity index is 0.00000144. The molecule has 13 heavy (non-hydrogen) atoms. The zero-order valence-electron chi connectivity index (χ0n) is 8.98. The summed E-state index contributed by atoms with van der Waals surface area (Å²) < 4.78 is 0. The van der Waals surface area contributed by atoms with Gasteiger partial charge in [-0.25, -0.2) is 0 Å². The predicted octanol–water partition coefficient (Wildman–Crippen LogP) is 3.06. The summed E-state index contributed by atoms with van der Waals surface area (Å²) in [6.45, 7) is 9.71. The highest BCUT2D eigenvalue weighted by molar-refractivity contribution is 5.85. The van der Waals surface area contributed by atoms with E-state index in [1.807, 2.05) is 0 Å². The number of nitrogens with two attached hydrogens (primary N) is 1. The number of hydrogen-bond acceptors (Lipinski definition) is 1. The minimum atomic E-state index is 0. The van der Waals surface area contributed by atoms with E-state index in [0.717, 1.165) is 13.0 Å². The molecular formula is C11H20ClN. The van der Waals surface area contributed by atoms with E-state index in [1.165, 1.54) is 16.7 Å². The average Bonchev–Trinajstić information content (AvgIpc) is 2.23. The van der Waals surface area contributed by atoms with E-state index >= 15 is 0 Å². The van der Waals surface area contributed by atoms with Crippen molar-refractivity contribution in [3.63, 3.8) is 0 Å². The summed E-state index contributed by atoms with van der Waals surface area (Å²) in [6, 6.07) is 0. The highest BCUT2D eigenvalue weighted by atomic mass is 35.5. The van der Waals surface area contributed by atoms with Crippen molar-refractivity contribution < 1.29 is 0 Å². The molecule has 0 fully saturated rings. The second-order valence-corrected chi connectivity index (χ2v) is 3.72. The molecule has 0 heterocycles. The molecule has 0 aromatic rings. The van der Waals surface area contributed by atoms with Gasteiger partial charge in [-0.15, -0.1) is 12.4 Å². The van der Waals surface area contributed by atoms with Crippen molar-refractivity contribution in [3.05, 3.63) is 22.3 Å². The molecule has 0 radical (unpaired) electrons. The van der Waals surface area contributed by atoms with Crippen molar-refractivity contribution >= 4 is 12.4 Å². The zero-order chi connectivity index (χ0) is 9.30. The van der Waals surface area contributed by atoms with Crippen molar-refractivity contribution in [2.24, 2.45) is 11.7 Å². The SMILES string of the molecule is CC1=C(C)C(C)C(CCN)=C1C.Cl. The lowest BCUT2D eigenvalue weighted by Gasteiger charge is -2.10. The Hall–Kier alpha value is -0.270. The molecule has 1 aliphatic carbocycles. The van der Waals surface area contributed by atoms with Gasteiger partial charge in [-0.05, 0) is 50.8 Å². The summed E-state index contributed by atoms with van der Waals surface area (Å²) in [5.74, 6) is 0.633. The first-order valence-corrected chi connectivity index (χ1v) is 4.67. The second kappa shape index (κ2) is 4.83. The molecule has 1 nitrogen and oxygen atoms in total. The molecule has 76 valence electrons. The van der Waals surface area contributed by atoms with E-state index in [9.17, 15) is 0 Å². The third-order valence-corrected chi connectivity index (χ3v) is 3.22. The van der Waals surface area contributed by atoms with E-state index < -0.39 is 0 Å². The number of allylic oxidation sites excluding steroid dienone is 3. The van der Waals surface area contributed by atoms with Gasteiger partial charge in [0, 0.05) is 0 Å². The lowest BCUT2D eigenvalue weighted by Crippen LogP contribution is -2.05. The van der Waals surface area contributed by atoms with Crippen LogP contribution in [-0.4, -0.2) is 6.54 Å². The number of halogens is 1. The molecule has 0 saturated heterocycles. The molecule has 0 saturated carbocycles. The van der Waals surface area contributed by atoms with E-state index in [-0.39, 0.29) is 12.4 Å². The first kappa shape index (κ1) is 12.7. The predicted molar refractivity (Wildman–Crippen MR) is 61.2 cm³/mol. The summed E-state index contributed by atoms with van der Waals surface area (Å²) in [5, 5.41) is 0. The van der Waals surface area contributed by atoms with Crippen LogP contribution in [0, 0.1) is 5.92 Å². The summed E-state index contributed by atoms with van der Waals surface area (Å²) in [4.78, 5) is 0. The quantitative estimate of drug-likeness (QED) is 0.730. The molecule has 1 aliphatic rings. The summed E-state index contributed by atoms with van der Waals surface area (Å²) >= 11 is 0. The Morgan fingerprint density at radius 1 is 1.15 bits per heavy atom. The van der Waals surface area contributed by atoms with Crippen molar-refractivity contribution in [1.82, 2.24) is 0 Å². The van der Waals surface area contributed by atoms with Gasteiger partial charge in [-0.3, -0.25) is 0 Å². The van der Waals surface area contributed by atoms with Crippen LogP contribution in [0.5, 0.6) is 0 Å². The number of rotatable bonds is 2. The lowest BCUT2D eigenvalue weighted by atomic mass is 9.96. The molecule has 1 rings (SSSR count). The maximum Gasteiger partial charge on any atom is -0.00121 e. The Labute approximate surface area is 87.5 Å². The van der Waals surface area contributed by atoms with Crippen LogP contribution in [0.2, 0.25) is 0 Å². The molecule has 0 aliphatic heterocycles. The molecule has 0 spiro atoms. The summed E-state index contributed by atoms with van der Waals surface area (Å²) in [6.07, 6.45) is 1.06. The van der Waals surface area contributed by atoms with E-state index in [1.54, 1.807) is 5.57 Å².